The minimum Gasteiger partial charge on any atom is -0.343 e. The molecule has 0 N–H and O–H groups in total. The van der Waals surface area contributed by atoms with Gasteiger partial charge in [0.1, 0.15) is 0 Å². The lowest BCUT2D eigenvalue weighted by Gasteiger charge is -2.26. The fraction of sp³-hybridized carbons (Fsp3) is 0.750. The molecule has 0 aromatic carbocycles. The Labute approximate surface area is 87.0 Å². The zero-order chi connectivity index (χ0) is 10.6. The zero-order valence-corrected chi connectivity index (χ0v) is 9.55. The number of hydrogen-bond donors (Lipinski definition) is 0. The van der Waals surface area contributed by atoms with Gasteiger partial charge < -0.3 is 4.90 Å². The van der Waals surface area contributed by atoms with Crippen molar-refractivity contribution in [3.8, 4) is 0 Å². The molecule has 1 aliphatic carbocycles. The van der Waals surface area contributed by atoms with Crippen LogP contribution in [0.2, 0.25) is 0 Å². The molecule has 0 spiro atoms. The summed E-state index contributed by atoms with van der Waals surface area (Å²) in [5.41, 5.74) is 1.44. The maximum Gasteiger partial charge on any atom is 0.225 e. The number of allylic oxidation sites excluding steroid dienone is 2. The van der Waals surface area contributed by atoms with Crippen LogP contribution < -0.4 is 0 Å². The summed E-state index contributed by atoms with van der Waals surface area (Å²) in [5.74, 6) is 0.595. The van der Waals surface area contributed by atoms with Crippen LogP contribution >= 0.6 is 0 Å². The highest BCUT2D eigenvalue weighted by Gasteiger charge is 2.23. The van der Waals surface area contributed by atoms with Crippen LogP contribution in [0.5, 0.6) is 0 Å². The highest BCUT2D eigenvalue weighted by atomic mass is 16.2. The molecule has 0 aromatic heterocycles. The van der Waals surface area contributed by atoms with Gasteiger partial charge in [-0.3, -0.25) is 4.79 Å². The molecule has 0 radical (unpaired) electrons. The lowest BCUT2D eigenvalue weighted by Crippen LogP contribution is -2.36. The predicted octanol–water partition coefficient (Wildman–Crippen LogP) is 2.60. The van der Waals surface area contributed by atoms with E-state index in [2.05, 4.69) is 13.0 Å². The van der Waals surface area contributed by atoms with Crippen LogP contribution in [-0.2, 0) is 4.79 Å². The van der Waals surface area contributed by atoms with E-state index >= 15 is 0 Å². The molecule has 0 aliphatic heterocycles. The highest BCUT2D eigenvalue weighted by molar-refractivity contribution is 5.79. The van der Waals surface area contributed by atoms with Gasteiger partial charge in [-0.25, -0.2) is 0 Å². The normalized spacial score (nSPS) is 21.6. The molecule has 1 aliphatic rings. The zero-order valence-electron chi connectivity index (χ0n) is 9.55. The Kier molecular flexibility index (Phi) is 4.18. The van der Waals surface area contributed by atoms with Crippen molar-refractivity contribution >= 4 is 5.91 Å². The fourth-order valence-corrected chi connectivity index (χ4v) is 1.98. The van der Waals surface area contributed by atoms with Crippen LogP contribution in [0.25, 0.3) is 0 Å². The number of amides is 1. The maximum atomic E-state index is 12.0. The Bertz CT molecular complexity index is 228. The first kappa shape index (κ1) is 11.3. The summed E-state index contributed by atoms with van der Waals surface area (Å²) in [6.07, 6.45) is 5.30. The number of hydrogen-bond acceptors (Lipinski definition) is 1. The maximum absolute atomic E-state index is 12.0. The summed E-state index contributed by atoms with van der Waals surface area (Å²) in [6.45, 7) is 7.93. The van der Waals surface area contributed by atoms with Gasteiger partial charge in [-0.15, -0.1) is 0 Å². The molecule has 0 fully saturated rings. The van der Waals surface area contributed by atoms with Gasteiger partial charge >= 0.3 is 0 Å². The summed E-state index contributed by atoms with van der Waals surface area (Å²) in [4.78, 5) is 13.9. The molecule has 0 heterocycles. The summed E-state index contributed by atoms with van der Waals surface area (Å²) >= 11 is 0. The molecule has 0 saturated carbocycles. The Hall–Kier alpha value is -0.790. The van der Waals surface area contributed by atoms with Gasteiger partial charge in [-0.2, -0.15) is 0 Å². The highest BCUT2D eigenvalue weighted by Crippen LogP contribution is 2.24. The second kappa shape index (κ2) is 5.18. The summed E-state index contributed by atoms with van der Waals surface area (Å²) in [7, 11) is 0. The quantitative estimate of drug-likeness (QED) is 0.634. The minimum atomic E-state index is 0.249. The third kappa shape index (κ3) is 2.60. The standard InChI is InChI=1S/C12H21NO/c1-4-13(5-2)12(14)11-8-6-10(3)7-9-11/h6,11H,4-5,7-9H2,1-3H3. The van der Waals surface area contributed by atoms with Gasteiger partial charge in [0.2, 0.25) is 5.91 Å². The van der Waals surface area contributed by atoms with Crippen molar-refractivity contribution in [2.24, 2.45) is 5.92 Å². The summed E-state index contributed by atoms with van der Waals surface area (Å²) < 4.78 is 0. The molecule has 14 heavy (non-hydrogen) atoms. The number of nitrogens with zero attached hydrogens (tertiary/aromatic N) is 1. The number of rotatable bonds is 3. The fourth-order valence-electron chi connectivity index (χ4n) is 1.98. The van der Waals surface area contributed by atoms with Crippen LogP contribution in [0.15, 0.2) is 11.6 Å². The van der Waals surface area contributed by atoms with E-state index in [9.17, 15) is 4.79 Å². The van der Waals surface area contributed by atoms with Gasteiger partial charge in [0, 0.05) is 19.0 Å². The Morgan fingerprint density at radius 1 is 1.50 bits per heavy atom. The van der Waals surface area contributed by atoms with Crippen molar-refractivity contribution in [1.82, 2.24) is 4.90 Å². The number of carbonyl (C=O) groups excluding carboxylic acids is 1. The molecule has 1 amide bonds. The average Bonchev–Trinajstić information content (AvgIpc) is 2.20. The molecule has 1 unspecified atom stereocenters. The molecule has 0 bridgehead atoms. The van der Waals surface area contributed by atoms with Crippen molar-refractivity contribution in [1.29, 1.82) is 0 Å². The van der Waals surface area contributed by atoms with Gasteiger partial charge in [-0.05, 0) is 40.0 Å². The van der Waals surface area contributed by atoms with Crippen LogP contribution in [0, 0.1) is 5.92 Å². The first-order chi connectivity index (χ1) is 6.69. The Morgan fingerprint density at radius 3 is 2.57 bits per heavy atom. The molecule has 2 heteroatoms. The van der Waals surface area contributed by atoms with E-state index in [1.54, 1.807) is 0 Å². The Balaban J connectivity index is 2.53. The molecule has 80 valence electrons. The number of carbonyl (C=O) groups is 1. The first-order valence-corrected chi connectivity index (χ1v) is 5.63. The second-order valence-corrected chi connectivity index (χ2v) is 4.03. The van der Waals surface area contributed by atoms with E-state index in [0.717, 1.165) is 32.4 Å². The molecule has 1 atom stereocenters. The van der Waals surface area contributed by atoms with Gasteiger partial charge in [0.25, 0.3) is 0 Å². The van der Waals surface area contributed by atoms with Crippen LogP contribution in [0.1, 0.15) is 40.0 Å². The van der Waals surface area contributed by atoms with Crippen LogP contribution in [-0.4, -0.2) is 23.9 Å². The molecular formula is C12H21NO. The molecule has 0 aromatic rings. The topological polar surface area (TPSA) is 20.3 Å². The van der Waals surface area contributed by atoms with E-state index in [0.29, 0.717) is 5.91 Å². The van der Waals surface area contributed by atoms with E-state index in [4.69, 9.17) is 0 Å². The SMILES string of the molecule is CCN(CC)C(=O)C1CC=C(C)CC1. The second-order valence-electron chi connectivity index (χ2n) is 4.03. The van der Waals surface area contributed by atoms with Crippen molar-refractivity contribution in [2.75, 3.05) is 13.1 Å². The third-order valence-corrected chi connectivity index (χ3v) is 3.06. The lowest BCUT2D eigenvalue weighted by molar-refractivity contribution is -0.135. The summed E-state index contributed by atoms with van der Waals surface area (Å²) in [5, 5.41) is 0. The van der Waals surface area contributed by atoms with Crippen molar-refractivity contribution in [3.63, 3.8) is 0 Å². The van der Waals surface area contributed by atoms with Crippen molar-refractivity contribution in [2.45, 2.75) is 40.0 Å². The van der Waals surface area contributed by atoms with Crippen LogP contribution in [0.3, 0.4) is 0 Å². The smallest absolute Gasteiger partial charge is 0.225 e. The van der Waals surface area contributed by atoms with Gasteiger partial charge in [0.15, 0.2) is 0 Å². The van der Waals surface area contributed by atoms with Crippen molar-refractivity contribution < 1.29 is 4.79 Å². The lowest BCUT2D eigenvalue weighted by atomic mass is 9.89. The molecule has 0 saturated heterocycles. The third-order valence-electron chi connectivity index (χ3n) is 3.06. The van der Waals surface area contributed by atoms with Crippen LogP contribution in [0.4, 0.5) is 0 Å². The molecular weight excluding hydrogens is 174 g/mol. The van der Waals surface area contributed by atoms with Gasteiger partial charge in [-0.1, -0.05) is 11.6 Å². The summed E-state index contributed by atoms with van der Waals surface area (Å²) in [6, 6.07) is 0. The predicted molar refractivity (Wildman–Crippen MR) is 59.0 cm³/mol. The van der Waals surface area contributed by atoms with Crippen molar-refractivity contribution in [3.05, 3.63) is 11.6 Å². The minimum absolute atomic E-state index is 0.249. The molecule has 1 rings (SSSR count). The molecule has 2 nitrogen and oxygen atoms in total. The largest absolute Gasteiger partial charge is 0.343 e. The first-order valence-electron chi connectivity index (χ1n) is 5.63. The van der Waals surface area contributed by atoms with E-state index < -0.39 is 0 Å². The van der Waals surface area contributed by atoms with E-state index in [1.807, 2.05) is 18.7 Å². The van der Waals surface area contributed by atoms with Gasteiger partial charge in [0.05, 0.1) is 0 Å². The average molecular weight is 195 g/mol. The van der Waals surface area contributed by atoms with E-state index in [-0.39, 0.29) is 5.92 Å². The Morgan fingerprint density at radius 2 is 2.14 bits per heavy atom. The van der Waals surface area contributed by atoms with E-state index in [1.165, 1.54) is 5.57 Å². The monoisotopic (exact) mass is 195 g/mol.